The van der Waals surface area contributed by atoms with Gasteiger partial charge >= 0.3 is 0 Å². The second kappa shape index (κ2) is 14.6. The van der Waals surface area contributed by atoms with Crippen molar-refractivity contribution in [2.75, 3.05) is 39.8 Å². The summed E-state index contributed by atoms with van der Waals surface area (Å²) in [6.07, 6.45) is 1.07. The van der Waals surface area contributed by atoms with Gasteiger partial charge in [-0.15, -0.1) is 24.0 Å². The summed E-state index contributed by atoms with van der Waals surface area (Å²) in [6.45, 7) is 13.7. The van der Waals surface area contributed by atoms with Crippen LogP contribution in [0.4, 0.5) is 0 Å². The summed E-state index contributed by atoms with van der Waals surface area (Å²) in [4.78, 5) is 19.1. The number of nitrogens with zero attached hydrogens (tertiary/aromatic N) is 2. The van der Waals surface area contributed by atoms with Gasteiger partial charge in [0.25, 0.3) is 5.91 Å². The van der Waals surface area contributed by atoms with Gasteiger partial charge in [0.05, 0.1) is 12.7 Å². The fourth-order valence-corrected chi connectivity index (χ4v) is 3.43. The van der Waals surface area contributed by atoms with Crippen molar-refractivity contribution in [2.45, 2.75) is 52.8 Å². The lowest BCUT2D eigenvalue weighted by Gasteiger charge is -2.34. The normalized spacial score (nSPS) is 18.3. The molecule has 1 amide bonds. The van der Waals surface area contributed by atoms with Gasteiger partial charge in [0, 0.05) is 51.4 Å². The molecular formula is C23H40IN5O2. The molecule has 1 aromatic carbocycles. The van der Waals surface area contributed by atoms with Crippen molar-refractivity contribution in [2.24, 2.45) is 10.9 Å². The highest BCUT2D eigenvalue weighted by Crippen LogP contribution is 2.08. The molecule has 7 nitrogen and oxygen atoms in total. The van der Waals surface area contributed by atoms with Crippen LogP contribution in [0.5, 0.6) is 0 Å². The van der Waals surface area contributed by atoms with E-state index in [4.69, 9.17) is 4.74 Å². The molecule has 0 aliphatic carbocycles. The van der Waals surface area contributed by atoms with Crippen LogP contribution < -0.4 is 16.0 Å². The molecular weight excluding hydrogens is 505 g/mol. The van der Waals surface area contributed by atoms with E-state index in [9.17, 15) is 4.79 Å². The number of carbonyl (C=O) groups excluding carboxylic acids is 1. The number of aliphatic imine (C=N–C) groups is 1. The third kappa shape index (κ3) is 10.2. The van der Waals surface area contributed by atoms with Crippen LogP contribution >= 0.6 is 24.0 Å². The van der Waals surface area contributed by atoms with Crippen LogP contribution in [-0.2, 0) is 11.3 Å². The number of carbonyl (C=O) groups is 1. The molecule has 2 unspecified atom stereocenters. The number of nitrogens with one attached hydrogen (secondary N) is 3. The van der Waals surface area contributed by atoms with E-state index in [-0.39, 0.29) is 42.0 Å². The molecule has 0 aromatic heterocycles. The maximum absolute atomic E-state index is 12.3. The van der Waals surface area contributed by atoms with Gasteiger partial charge in [-0.1, -0.05) is 32.9 Å². The largest absolute Gasteiger partial charge is 0.374 e. The van der Waals surface area contributed by atoms with Crippen molar-refractivity contribution in [3.05, 3.63) is 35.4 Å². The minimum atomic E-state index is -0.0332. The Hall–Kier alpha value is -1.39. The standard InChI is InChI=1S/C23H39N5O2.HI/c1-6-18(4)27-22(29)20-9-7-8-19(12-20)13-25-23(24-5)26-14-21-16-28(10-11-30-21)15-17(2)3;/h7-9,12,17-18,21H,6,10-11,13-16H2,1-5H3,(H,27,29)(H2,24,25,26);1H. The minimum Gasteiger partial charge on any atom is -0.374 e. The van der Waals surface area contributed by atoms with Crippen molar-refractivity contribution in [1.29, 1.82) is 0 Å². The Labute approximate surface area is 204 Å². The first-order valence-corrected chi connectivity index (χ1v) is 11.1. The van der Waals surface area contributed by atoms with Crippen LogP contribution in [-0.4, -0.2) is 68.7 Å². The Kier molecular flexibility index (Phi) is 13.0. The third-order valence-electron chi connectivity index (χ3n) is 5.21. The van der Waals surface area contributed by atoms with Crippen LogP contribution in [0.3, 0.4) is 0 Å². The van der Waals surface area contributed by atoms with Crippen LogP contribution in [0, 0.1) is 5.92 Å². The molecule has 1 fully saturated rings. The predicted molar refractivity (Wildman–Crippen MR) is 138 cm³/mol. The second-order valence-electron chi connectivity index (χ2n) is 8.44. The average Bonchev–Trinajstić information content (AvgIpc) is 2.73. The molecule has 8 heteroatoms. The van der Waals surface area contributed by atoms with E-state index in [1.807, 2.05) is 31.2 Å². The lowest BCUT2D eigenvalue weighted by atomic mass is 10.1. The van der Waals surface area contributed by atoms with Gasteiger partial charge in [0.15, 0.2) is 5.96 Å². The fraction of sp³-hybridized carbons (Fsp3) is 0.652. The van der Waals surface area contributed by atoms with Gasteiger partial charge < -0.3 is 20.7 Å². The summed E-state index contributed by atoms with van der Waals surface area (Å²) in [7, 11) is 1.76. The topological polar surface area (TPSA) is 78.0 Å². The molecule has 0 bridgehead atoms. The lowest BCUT2D eigenvalue weighted by molar-refractivity contribution is -0.0284. The molecule has 1 aliphatic rings. The van der Waals surface area contributed by atoms with Gasteiger partial charge in [-0.2, -0.15) is 0 Å². The number of halogens is 1. The van der Waals surface area contributed by atoms with Crippen molar-refractivity contribution in [3.8, 4) is 0 Å². The smallest absolute Gasteiger partial charge is 0.251 e. The van der Waals surface area contributed by atoms with Gasteiger partial charge in [-0.3, -0.25) is 14.7 Å². The first kappa shape index (κ1) is 27.6. The quantitative estimate of drug-likeness (QED) is 0.253. The predicted octanol–water partition coefficient (Wildman–Crippen LogP) is 2.85. The van der Waals surface area contributed by atoms with Gasteiger partial charge in [-0.25, -0.2) is 0 Å². The lowest BCUT2D eigenvalue weighted by Crippen LogP contribution is -2.50. The first-order valence-electron chi connectivity index (χ1n) is 11.1. The maximum Gasteiger partial charge on any atom is 0.251 e. The Morgan fingerprint density at radius 3 is 2.74 bits per heavy atom. The van der Waals surface area contributed by atoms with E-state index in [2.05, 4.69) is 46.6 Å². The first-order chi connectivity index (χ1) is 14.4. The summed E-state index contributed by atoms with van der Waals surface area (Å²) in [6, 6.07) is 7.86. The van der Waals surface area contributed by atoms with Crippen molar-refractivity contribution < 1.29 is 9.53 Å². The second-order valence-corrected chi connectivity index (χ2v) is 8.44. The highest BCUT2D eigenvalue weighted by atomic mass is 127. The number of amides is 1. The summed E-state index contributed by atoms with van der Waals surface area (Å²) in [5.74, 6) is 1.36. The maximum atomic E-state index is 12.3. The average molecular weight is 546 g/mol. The van der Waals surface area contributed by atoms with Crippen LogP contribution in [0.25, 0.3) is 0 Å². The highest BCUT2D eigenvalue weighted by Gasteiger charge is 2.21. The summed E-state index contributed by atoms with van der Waals surface area (Å²) in [5, 5.41) is 9.69. The Balaban J connectivity index is 0.00000480. The summed E-state index contributed by atoms with van der Waals surface area (Å²) in [5.41, 5.74) is 1.71. The van der Waals surface area contributed by atoms with E-state index in [1.54, 1.807) is 7.05 Å². The number of rotatable bonds is 9. The zero-order valence-corrected chi connectivity index (χ0v) is 21.9. The van der Waals surface area contributed by atoms with Crippen LogP contribution in [0.15, 0.2) is 29.3 Å². The van der Waals surface area contributed by atoms with Crippen molar-refractivity contribution >= 4 is 35.8 Å². The van der Waals surface area contributed by atoms with Gasteiger partial charge in [0.2, 0.25) is 0 Å². The molecule has 3 N–H and O–H groups in total. The Morgan fingerprint density at radius 2 is 2.06 bits per heavy atom. The number of hydrogen-bond donors (Lipinski definition) is 3. The zero-order valence-electron chi connectivity index (χ0n) is 19.6. The third-order valence-corrected chi connectivity index (χ3v) is 5.21. The fourth-order valence-electron chi connectivity index (χ4n) is 3.43. The molecule has 176 valence electrons. The molecule has 0 radical (unpaired) electrons. The number of morpholine rings is 1. The Bertz CT molecular complexity index is 698. The van der Waals surface area contributed by atoms with Gasteiger partial charge in [0.1, 0.15) is 0 Å². The zero-order chi connectivity index (χ0) is 21.9. The van der Waals surface area contributed by atoms with Crippen molar-refractivity contribution in [3.63, 3.8) is 0 Å². The Morgan fingerprint density at radius 1 is 1.29 bits per heavy atom. The van der Waals surface area contributed by atoms with Gasteiger partial charge in [-0.05, 0) is 37.0 Å². The van der Waals surface area contributed by atoms with E-state index in [0.29, 0.717) is 24.6 Å². The molecule has 0 saturated carbocycles. The van der Waals surface area contributed by atoms with Crippen LogP contribution in [0.2, 0.25) is 0 Å². The monoisotopic (exact) mass is 545 g/mol. The molecule has 1 saturated heterocycles. The number of ether oxygens (including phenoxy) is 1. The van der Waals surface area contributed by atoms with Crippen LogP contribution in [0.1, 0.15) is 50.0 Å². The highest BCUT2D eigenvalue weighted by molar-refractivity contribution is 14.0. The van der Waals surface area contributed by atoms with E-state index in [0.717, 1.165) is 44.2 Å². The molecule has 2 atom stereocenters. The number of guanidine groups is 1. The number of hydrogen-bond acceptors (Lipinski definition) is 4. The SMILES string of the molecule is CCC(C)NC(=O)c1cccc(CNC(=NC)NCC2CN(CC(C)C)CCO2)c1.I. The molecule has 1 aromatic rings. The van der Waals surface area contributed by atoms with E-state index in [1.165, 1.54) is 0 Å². The summed E-state index contributed by atoms with van der Waals surface area (Å²) < 4.78 is 5.90. The molecule has 1 heterocycles. The molecule has 2 rings (SSSR count). The molecule has 31 heavy (non-hydrogen) atoms. The van der Waals surface area contributed by atoms with E-state index < -0.39 is 0 Å². The minimum absolute atomic E-state index is 0. The molecule has 0 spiro atoms. The van der Waals surface area contributed by atoms with Crippen molar-refractivity contribution in [1.82, 2.24) is 20.9 Å². The number of benzene rings is 1. The summed E-state index contributed by atoms with van der Waals surface area (Å²) >= 11 is 0. The van der Waals surface area contributed by atoms with E-state index >= 15 is 0 Å². The molecule has 1 aliphatic heterocycles.